The number of carbonyl (C=O) groups is 1. The fourth-order valence-corrected chi connectivity index (χ4v) is 5.78. The number of aryl methyl sites for hydroxylation is 4. The number of nitrogen functional groups attached to an aromatic ring is 1. The normalized spacial score (nSPS) is 13.6. The second kappa shape index (κ2) is 16.5. The van der Waals surface area contributed by atoms with Gasteiger partial charge in [0.25, 0.3) is 5.56 Å². The second-order valence-corrected chi connectivity index (χ2v) is 10.8. The van der Waals surface area contributed by atoms with Crippen LogP contribution >= 0.6 is 37.2 Å². The molecule has 1 aromatic carbocycles. The number of amides is 1. The molecule has 4 N–H and O–H groups in total. The highest BCUT2D eigenvalue weighted by Crippen LogP contribution is 2.33. The molecule has 4 aromatic rings. The van der Waals surface area contributed by atoms with E-state index in [9.17, 15) is 9.59 Å². The average Bonchev–Trinajstić information content (AvgIpc) is 3.44. The molecule has 0 aliphatic carbocycles. The quantitative estimate of drug-likeness (QED) is 0.212. The van der Waals surface area contributed by atoms with Crippen molar-refractivity contribution in [2.24, 2.45) is 0 Å². The zero-order valence-electron chi connectivity index (χ0n) is 26.3. The van der Waals surface area contributed by atoms with E-state index >= 15 is 0 Å². The number of halogens is 3. The molecular formula is C32H40Cl3N7O4. The van der Waals surface area contributed by atoms with Crippen molar-refractivity contribution in [3.05, 3.63) is 98.5 Å². The number of carbonyl (C=O) groups excluding carboxylic acids is 1. The molecule has 0 radical (unpaired) electrons. The molecule has 1 aliphatic rings. The third kappa shape index (κ3) is 8.01. The van der Waals surface area contributed by atoms with Gasteiger partial charge in [-0.15, -0.1) is 37.2 Å². The van der Waals surface area contributed by atoms with E-state index in [-0.39, 0.29) is 60.4 Å². The van der Waals surface area contributed by atoms with E-state index in [1.165, 1.54) is 0 Å². The molecule has 1 amide bonds. The summed E-state index contributed by atoms with van der Waals surface area (Å²) < 4.78 is 12.3. The molecule has 3 aromatic heterocycles. The zero-order valence-corrected chi connectivity index (χ0v) is 28.8. The lowest BCUT2D eigenvalue weighted by Gasteiger charge is -2.23. The zero-order chi connectivity index (χ0) is 30.7. The molecule has 5 rings (SSSR count). The summed E-state index contributed by atoms with van der Waals surface area (Å²) in [4.78, 5) is 40.4. The highest BCUT2D eigenvalue weighted by atomic mass is 35.5. The summed E-state index contributed by atoms with van der Waals surface area (Å²) in [6.45, 7) is 6.58. The largest absolute Gasteiger partial charge is 0.497 e. The molecule has 2 atom stereocenters. The number of hydrogen-bond donors (Lipinski definition) is 3. The van der Waals surface area contributed by atoms with Crippen molar-refractivity contribution >= 4 is 54.8 Å². The lowest BCUT2D eigenvalue weighted by molar-refractivity contribution is -0.124. The van der Waals surface area contributed by atoms with Crippen molar-refractivity contribution in [1.82, 2.24) is 24.8 Å². The van der Waals surface area contributed by atoms with Crippen molar-refractivity contribution in [2.45, 2.75) is 52.1 Å². The Morgan fingerprint density at radius 1 is 1.00 bits per heavy atom. The Morgan fingerprint density at radius 3 is 2.30 bits per heavy atom. The number of aromatic nitrogens is 4. The maximum atomic E-state index is 13.7. The number of nitrogens with two attached hydrogens (primary N) is 1. The van der Waals surface area contributed by atoms with E-state index in [0.29, 0.717) is 37.5 Å². The lowest BCUT2D eigenvalue weighted by atomic mass is 9.87. The number of anilines is 2. The molecular weight excluding hydrogens is 653 g/mol. The van der Waals surface area contributed by atoms with Crippen molar-refractivity contribution < 1.29 is 14.3 Å². The van der Waals surface area contributed by atoms with Gasteiger partial charge in [0.05, 0.1) is 20.4 Å². The monoisotopic (exact) mass is 691 g/mol. The minimum atomic E-state index is -0.627. The lowest BCUT2D eigenvalue weighted by Crippen LogP contribution is -2.36. The molecule has 0 fully saturated rings. The van der Waals surface area contributed by atoms with E-state index in [1.54, 1.807) is 37.2 Å². The van der Waals surface area contributed by atoms with Crippen LogP contribution in [0, 0.1) is 20.8 Å². The number of fused-ring (bicyclic) bond motifs is 1. The summed E-state index contributed by atoms with van der Waals surface area (Å²) in [5.41, 5.74) is 11.8. The van der Waals surface area contributed by atoms with Crippen LogP contribution in [0.2, 0.25) is 0 Å². The van der Waals surface area contributed by atoms with Gasteiger partial charge in [-0.1, -0.05) is 6.07 Å². The van der Waals surface area contributed by atoms with E-state index in [0.717, 1.165) is 45.1 Å². The SMILES string of the molecule is COc1ccc([C@H](CNc2ncc3n(c2=O)[C@H](C(=O)NCc2ccc(N)nc2C)CC3)c2c(C)cc(OC)cc2C)nc1.Cl.Cl.Cl. The smallest absolute Gasteiger partial charge is 0.294 e. The molecule has 46 heavy (non-hydrogen) atoms. The van der Waals surface area contributed by atoms with Gasteiger partial charge in [-0.05, 0) is 86.2 Å². The van der Waals surface area contributed by atoms with Crippen LogP contribution < -0.4 is 31.4 Å². The van der Waals surface area contributed by atoms with Crippen LogP contribution in [-0.2, 0) is 17.8 Å². The average molecular weight is 693 g/mol. The summed E-state index contributed by atoms with van der Waals surface area (Å²) >= 11 is 0. The first-order valence-corrected chi connectivity index (χ1v) is 14.2. The minimum absolute atomic E-state index is 0. The third-order valence-corrected chi connectivity index (χ3v) is 8.01. The number of nitrogens with one attached hydrogen (secondary N) is 2. The third-order valence-electron chi connectivity index (χ3n) is 8.01. The van der Waals surface area contributed by atoms with Crippen LogP contribution in [0.4, 0.5) is 11.6 Å². The van der Waals surface area contributed by atoms with Crippen molar-refractivity contribution in [2.75, 3.05) is 31.8 Å². The number of hydrogen-bond acceptors (Lipinski definition) is 9. The van der Waals surface area contributed by atoms with Crippen LogP contribution in [0.15, 0.2) is 53.6 Å². The molecule has 0 saturated heterocycles. The number of methoxy groups -OCH3 is 2. The topological polar surface area (TPSA) is 146 Å². The summed E-state index contributed by atoms with van der Waals surface area (Å²) in [7, 11) is 3.25. The molecule has 0 spiro atoms. The van der Waals surface area contributed by atoms with Gasteiger partial charge in [-0.3, -0.25) is 19.1 Å². The summed E-state index contributed by atoms with van der Waals surface area (Å²) in [5, 5.41) is 6.25. The van der Waals surface area contributed by atoms with Gasteiger partial charge in [0, 0.05) is 42.3 Å². The van der Waals surface area contributed by atoms with Crippen LogP contribution in [0.3, 0.4) is 0 Å². The number of rotatable bonds is 10. The minimum Gasteiger partial charge on any atom is -0.497 e. The molecule has 1 aliphatic heterocycles. The first kappa shape index (κ1) is 38.1. The Labute approximate surface area is 287 Å². The number of benzene rings is 1. The van der Waals surface area contributed by atoms with Gasteiger partial charge in [0.1, 0.15) is 23.4 Å². The van der Waals surface area contributed by atoms with Crippen molar-refractivity contribution in [3.63, 3.8) is 0 Å². The Kier molecular flexibility index (Phi) is 13.7. The Balaban J connectivity index is 0.00000245. The molecule has 14 heteroatoms. The van der Waals surface area contributed by atoms with Crippen LogP contribution in [0.5, 0.6) is 11.5 Å². The molecule has 248 valence electrons. The fourth-order valence-electron chi connectivity index (χ4n) is 5.78. The first-order valence-electron chi connectivity index (χ1n) is 14.2. The Bertz CT molecular complexity index is 1690. The van der Waals surface area contributed by atoms with Crippen LogP contribution in [-0.4, -0.2) is 46.2 Å². The van der Waals surface area contributed by atoms with Gasteiger partial charge in [0.15, 0.2) is 5.82 Å². The molecule has 4 heterocycles. The number of pyridine rings is 2. The summed E-state index contributed by atoms with van der Waals surface area (Å²) in [6, 6.07) is 10.7. The predicted octanol–water partition coefficient (Wildman–Crippen LogP) is 4.87. The van der Waals surface area contributed by atoms with Crippen LogP contribution in [0.25, 0.3) is 0 Å². The van der Waals surface area contributed by atoms with Crippen LogP contribution in [0.1, 0.15) is 57.7 Å². The van der Waals surface area contributed by atoms with Gasteiger partial charge < -0.3 is 25.8 Å². The molecule has 0 unspecified atom stereocenters. The van der Waals surface area contributed by atoms with Gasteiger partial charge in [-0.2, -0.15) is 0 Å². The number of ether oxygens (including phenoxy) is 2. The predicted molar refractivity (Wildman–Crippen MR) is 186 cm³/mol. The van der Waals surface area contributed by atoms with Gasteiger partial charge in [-0.25, -0.2) is 9.97 Å². The summed E-state index contributed by atoms with van der Waals surface area (Å²) in [6.07, 6.45) is 4.47. The first-order chi connectivity index (χ1) is 20.7. The van der Waals surface area contributed by atoms with Crippen molar-refractivity contribution in [1.29, 1.82) is 0 Å². The standard InChI is InChI=1S/C32H37N7O4.3ClH/c1-18-12-24(43-5)13-19(2)29(18)25(26-9-8-23(42-4)16-34-26)17-36-30-32(41)39-22(15-35-30)7-10-27(39)31(40)37-14-21-6-11-28(33)38-20(21)3;;;/h6,8-9,11-13,15-16,25,27H,7,10,14,17H2,1-5H3,(H2,33,38)(H,35,36)(H,37,40);3*1H/t25-,27-;;;/m0.../s1. The Hall–Kier alpha value is -4.06. The molecule has 11 nitrogen and oxygen atoms in total. The molecule has 0 saturated carbocycles. The van der Waals surface area contributed by atoms with E-state index in [2.05, 4.69) is 25.6 Å². The highest BCUT2D eigenvalue weighted by Gasteiger charge is 2.31. The fraction of sp³-hybridized carbons (Fsp3) is 0.344. The van der Waals surface area contributed by atoms with E-state index in [4.69, 9.17) is 15.2 Å². The van der Waals surface area contributed by atoms with E-state index < -0.39 is 6.04 Å². The molecule has 0 bridgehead atoms. The number of nitrogens with zero attached hydrogens (tertiary/aromatic N) is 4. The van der Waals surface area contributed by atoms with Gasteiger partial charge in [0.2, 0.25) is 5.91 Å². The maximum Gasteiger partial charge on any atom is 0.294 e. The second-order valence-electron chi connectivity index (χ2n) is 10.8. The highest BCUT2D eigenvalue weighted by molar-refractivity contribution is 5.86. The maximum absolute atomic E-state index is 13.7. The van der Waals surface area contributed by atoms with Gasteiger partial charge >= 0.3 is 0 Å². The Morgan fingerprint density at radius 2 is 1.70 bits per heavy atom. The van der Waals surface area contributed by atoms with Crippen molar-refractivity contribution in [3.8, 4) is 11.5 Å². The van der Waals surface area contributed by atoms with E-state index in [1.807, 2.05) is 51.1 Å². The summed E-state index contributed by atoms with van der Waals surface area (Å²) in [5.74, 6) is 1.62.